The van der Waals surface area contributed by atoms with Gasteiger partial charge < -0.3 is 9.84 Å². The molecule has 0 bridgehead atoms. The molecule has 2 aromatic carbocycles. The van der Waals surface area contributed by atoms with Gasteiger partial charge in [-0.05, 0) is 23.8 Å². The third kappa shape index (κ3) is 2.32. The summed E-state index contributed by atoms with van der Waals surface area (Å²) >= 11 is 11.9. The Balaban J connectivity index is 1.93. The van der Waals surface area contributed by atoms with Gasteiger partial charge in [0.25, 0.3) is 0 Å². The molecule has 0 aliphatic carbocycles. The summed E-state index contributed by atoms with van der Waals surface area (Å²) in [6.45, 7) is 0.473. The maximum Gasteiger partial charge on any atom is 0.123 e. The van der Waals surface area contributed by atoms with Gasteiger partial charge in [-0.25, -0.2) is 0 Å². The standard InChI is InChI=1S/C15H12Cl2O2/c16-12-6-5-9(7-13(12)17)15(18)11-8-19-14-4-2-1-3-10(11)14/h1-7,11,15,18H,8H2. The fourth-order valence-electron chi connectivity index (χ4n) is 2.38. The molecule has 1 N–H and O–H groups in total. The van der Waals surface area contributed by atoms with Gasteiger partial charge in [-0.2, -0.15) is 0 Å². The van der Waals surface area contributed by atoms with Crippen molar-refractivity contribution < 1.29 is 9.84 Å². The minimum absolute atomic E-state index is 0.0755. The maximum absolute atomic E-state index is 10.5. The second kappa shape index (κ2) is 5.04. The molecule has 1 heterocycles. The summed E-state index contributed by atoms with van der Waals surface area (Å²) in [4.78, 5) is 0. The first-order valence-corrected chi connectivity index (χ1v) is 6.77. The van der Waals surface area contributed by atoms with E-state index < -0.39 is 6.10 Å². The Hall–Kier alpha value is -1.22. The molecule has 0 aromatic heterocycles. The second-order valence-corrected chi connectivity index (χ2v) is 5.39. The van der Waals surface area contributed by atoms with Crippen LogP contribution < -0.4 is 4.74 Å². The Labute approximate surface area is 121 Å². The highest BCUT2D eigenvalue weighted by atomic mass is 35.5. The molecule has 98 valence electrons. The summed E-state index contributed by atoms with van der Waals surface area (Å²) in [7, 11) is 0. The number of hydrogen-bond donors (Lipinski definition) is 1. The quantitative estimate of drug-likeness (QED) is 0.899. The number of rotatable bonds is 2. The van der Waals surface area contributed by atoms with Crippen molar-refractivity contribution in [3.8, 4) is 5.75 Å². The molecule has 2 unspecified atom stereocenters. The molecule has 0 amide bonds. The van der Waals surface area contributed by atoms with Crippen LogP contribution in [0.15, 0.2) is 42.5 Å². The van der Waals surface area contributed by atoms with Crippen molar-refractivity contribution in [2.45, 2.75) is 12.0 Å². The van der Waals surface area contributed by atoms with Crippen LogP contribution in [-0.2, 0) is 0 Å². The number of fused-ring (bicyclic) bond motifs is 1. The zero-order valence-electron chi connectivity index (χ0n) is 10.0. The van der Waals surface area contributed by atoms with Crippen LogP contribution >= 0.6 is 23.2 Å². The Morgan fingerprint density at radius 1 is 1.11 bits per heavy atom. The topological polar surface area (TPSA) is 29.5 Å². The van der Waals surface area contributed by atoms with Crippen molar-refractivity contribution >= 4 is 23.2 Å². The highest BCUT2D eigenvalue weighted by molar-refractivity contribution is 6.42. The van der Waals surface area contributed by atoms with E-state index in [1.165, 1.54) is 0 Å². The molecule has 2 atom stereocenters. The third-order valence-corrected chi connectivity index (χ3v) is 4.14. The number of aliphatic hydroxyl groups excluding tert-OH is 1. The highest BCUT2D eigenvalue weighted by Crippen LogP contribution is 2.41. The van der Waals surface area contributed by atoms with Crippen molar-refractivity contribution in [1.29, 1.82) is 0 Å². The van der Waals surface area contributed by atoms with Crippen LogP contribution in [0.25, 0.3) is 0 Å². The zero-order chi connectivity index (χ0) is 13.4. The number of benzene rings is 2. The molecule has 19 heavy (non-hydrogen) atoms. The van der Waals surface area contributed by atoms with Gasteiger partial charge in [-0.3, -0.25) is 0 Å². The smallest absolute Gasteiger partial charge is 0.123 e. The van der Waals surface area contributed by atoms with Crippen molar-refractivity contribution in [3.63, 3.8) is 0 Å². The first kappa shape index (κ1) is 12.8. The first-order chi connectivity index (χ1) is 9.16. The average molecular weight is 295 g/mol. The summed E-state index contributed by atoms with van der Waals surface area (Å²) in [5, 5.41) is 11.4. The number of hydrogen-bond acceptors (Lipinski definition) is 2. The summed E-state index contributed by atoms with van der Waals surface area (Å²) < 4.78 is 5.59. The number of para-hydroxylation sites is 1. The van der Waals surface area contributed by atoms with Crippen LogP contribution in [0.2, 0.25) is 10.0 Å². The van der Waals surface area contributed by atoms with Crippen LogP contribution in [0.5, 0.6) is 5.75 Å². The second-order valence-electron chi connectivity index (χ2n) is 4.57. The number of halogens is 2. The van der Waals surface area contributed by atoms with Crippen molar-refractivity contribution in [2.24, 2.45) is 0 Å². The zero-order valence-corrected chi connectivity index (χ0v) is 11.5. The molecule has 1 aliphatic heterocycles. The maximum atomic E-state index is 10.5. The lowest BCUT2D eigenvalue weighted by atomic mass is 9.91. The van der Waals surface area contributed by atoms with Gasteiger partial charge in [0.05, 0.1) is 28.7 Å². The largest absolute Gasteiger partial charge is 0.493 e. The van der Waals surface area contributed by atoms with E-state index in [-0.39, 0.29) is 5.92 Å². The molecule has 0 saturated carbocycles. The lowest BCUT2D eigenvalue weighted by Crippen LogP contribution is -2.12. The Kier molecular flexibility index (Phi) is 3.40. The molecule has 3 rings (SSSR count). The van der Waals surface area contributed by atoms with E-state index in [4.69, 9.17) is 27.9 Å². The van der Waals surface area contributed by atoms with Crippen LogP contribution in [0.1, 0.15) is 23.1 Å². The molecule has 2 nitrogen and oxygen atoms in total. The Bertz CT molecular complexity index is 613. The minimum Gasteiger partial charge on any atom is -0.493 e. The molecule has 0 fully saturated rings. The monoisotopic (exact) mass is 294 g/mol. The van der Waals surface area contributed by atoms with Gasteiger partial charge in [0.2, 0.25) is 0 Å². The van der Waals surface area contributed by atoms with Gasteiger partial charge in [0.1, 0.15) is 5.75 Å². The molecule has 2 aromatic rings. The van der Waals surface area contributed by atoms with E-state index in [2.05, 4.69) is 0 Å². The highest BCUT2D eigenvalue weighted by Gasteiger charge is 2.31. The van der Waals surface area contributed by atoms with Crippen LogP contribution in [0.3, 0.4) is 0 Å². The Morgan fingerprint density at radius 2 is 1.89 bits per heavy atom. The molecule has 4 heteroatoms. The average Bonchev–Trinajstić information content (AvgIpc) is 2.85. The van der Waals surface area contributed by atoms with Crippen LogP contribution in [0.4, 0.5) is 0 Å². The minimum atomic E-state index is -0.654. The number of ether oxygens (including phenoxy) is 1. The van der Waals surface area contributed by atoms with E-state index in [0.29, 0.717) is 16.7 Å². The molecular formula is C15H12Cl2O2. The lowest BCUT2D eigenvalue weighted by molar-refractivity contribution is 0.130. The summed E-state index contributed by atoms with van der Waals surface area (Å²) in [6.07, 6.45) is -0.654. The molecular weight excluding hydrogens is 283 g/mol. The molecule has 0 radical (unpaired) electrons. The van der Waals surface area contributed by atoms with E-state index in [9.17, 15) is 5.11 Å². The summed E-state index contributed by atoms with van der Waals surface area (Å²) in [5.74, 6) is 0.764. The summed E-state index contributed by atoms with van der Waals surface area (Å²) in [5.41, 5.74) is 1.78. The molecule has 1 aliphatic rings. The lowest BCUT2D eigenvalue weighted by Gasteiger charge is -2.18. The van der Waals surface area contributed by atoms with Crippen LogP contribution in [-0.4, -0.2) is 11.7 Å². The van der Waals surface area contributed by atoms with Gasteiger partial charge in [0.15, 0.2) is 0 Å². The van der Waals surface area contributed by atoms with Crippen molar-refractivity contribution in [1.82, 2.24) is 0 Å². The Morgan fingerprint density at radius 3 is 2.68 bits per heavy atom. The molecule has 0 saturated heterocycles. The fraction of sp³-hybridized carbons (Fsp3) is 0.200. The van der Waals surface area contributed by atoms with E-state index >= 15 is 0 Å². The van der Waals surface area contributed by atoms with Crippen molar-refractivity contribution in [3.05, 3.63) is 63.6 Å². The van der Waals surface area contributed by atoms with E-state index in [1.807, 2.05) is 24.3 Å². The van der Waals surface area contributed by atoms with E-state index in [1.54, 1.807) is 18.2 Å². The summed E-state index contributed by atoms with van der Waals surface area (Å²) in [6, 6.07) is 13.0. The number of aliphatic hydroxyl groups is 1. The fourth-order valence-corrected chi connectivity index (χ4v) is 2.68. The first-order valence-electron chi connectivity index (χ1n) is 6.01. The van der Waals surface area contributed by atoms with Gasteiger partial charge in [0, 0.05) is 5.56 Å². The predicted octanol–water partition coefficient (Wildman–Crippen LogP) is 4.20. The van der Waals surface area contributed by atoms with Gasteiger partial charge in [-0.15, -0.1) is 0 Å². The SMILES string of the molecule is OC(c1ccc(Cl)c(Cl)c1)C1COc2ccccc21. The van der Waals surface area contributed by atoms with Crippen molar-refractivity contribution in [2.75, 3.05) is 6.61 Å². The normalized spacial score (nSPS) is 18.8. The third-order valence-electron chi connectivity index (χ3n) is 3.40. The molecule has 0 spiro atoms. The van der Waals surface area contributed by atoms with E-state index in [0.717, 1.165) is 16.9 Å². The predicted molar refractivity (Wildman–Crippen MR) is 76.1 cm³/mol. The van der Waals surface area contributed by atoms with Gasteiger partial charge >= 0.3 is 0 Å². The van der Waals surface area contributed by atoms with Gasteiger partial charge in [-0.1, -0.05) is 47.5 Å². The van der Waals surface area contributed by atoms with Crippen LogP contribution in [0, 0.1) is 0 Å².